The normalized spacial score (nSPS) is 20.1. The van der Waals surface area contributed by atoms with E-state index in [0.717, 1.165) is 35.5 Å². The van der Waals surface area contributed by atoms with Crippen molar-refractivity contribution in [3.8, 4) is 5.75 Å². The largest absolute Gasteiger partial charge is 0.494 e. The lowest BCUT2D eigenvalue weighted by atomic mass is 9.75. The van der Waals surface area contributed by atoms with Crippen LogP contribution < -0.4 is 10.1 Å². The Morgan fingerprint density at radius 3 is 2.60 bits per heavy atom. The zero-order chi connectivity index (χ0) is 18.0. The quantitative estimate of drug-likeness (QED) is 0.852. The summed E-state index contributed by atoms with van der Waals surface area (Å²) in [5.41, 5.74) is 3.77. The Balaban J connectivity index is 2.10. The number of ketones is 1. The summed E-state index contributed by atoms with van der Waals surface area (Å²) in [6.07, 6.45) is 2.17. The molecule has 1 aromatic rings. The SMILES string of the molecule is CCOc1ccc(C2C(C(=O)OC)=C(C)NC3=C2C(=O)CCC3)cc1. The van der Waals surface area contributed by atoms with Gasteiger partial charge in [-0.25, -0.2) is 4.79 Å². The van der Waals surface area contributed by atoms with Gasteiger partial charge in [0.15, 0.2) is 5.78 Å². The molecule has 0 aromatic heterocycles. The van der Waals surface area contributed by atoms with Crippen LogP contribution in [-0.2, 0) is 14.3 Å². The molecular weight excluding hydrogens is 318 g/mol. The van der Waals surface area contributed by atoms with Crippen LogP contribution in [-0.4, -0.2) is 25.5 Å². The van der Waals surface area contributed by atoms with Gasteiger partial charge in [-0.15, -0.1) is 0 Å². The number of allylic oxidation sites excluding steroid dienone is 3. The molecule has 0 bridgehead atoms. The maximum Gasteiger partial charge on any atom is 0.336 e. The van der Waals surface area contributed by atoms with Crippen LogP contribution in [0.15, 0.2) is 46.8 Å². The van der Waals surface area contributed by atoms with Crippen molar-refractivity contribution in [2.45, 2.75) is 39.0 Å². The number of nitrogens with one attached hydrogen (secondary N) is 1. The number of methoxy groups -OCH3 is 1. The Bertz CT molecular complexity index is 758. The van der Waals surface area contributed by atoms with Gasteiger partial charge in [0.05, 0.1) is 19.3 Å². The van der Waals surface area contributed by atoms with E-state index in [9.17, 15) is 9.59 Å². The Morgan fingerprint density at radius 1 is 1.24 bits per heavy atom. The van der Waals surface area contributed by atoms with Crippen molar-refractivity contribution >= 4 is 11.8 Å². The average molecular weight is 341 g/mol. The minimum Gasteiger partial charge on any atom is -0.494 e. The number of ether oxygens (including phenoxy) is 2. The molecule has 1 aliphatic heterocycles. The van der Waals surface area contributed by atoms with Crippen LogP contribution in [0.2, 0.25) is 0 Å². The highest BCUT2D eigenvalue weighted by Crippen LogP contribution is 2.42. The van der Waals surface area contributed by atoms with E-state index in [1.165, 1.54) is 7.11 Å². The van der Waals surface area contributed by atoms with Gasteiger partial charge in [0.25, 0.3) is 0 Å². The molecule has 0 amide bonds. The van der Waals surface area contributed by atoms with Crippen LogP contribution >= 0.6 is 0 Å². The van der Waals surface area contributed by atoms with Gasteiger partial charge in [-0.1, -0.05) is 12.1 Å². The molecule has 3 rings (SSSR count). The van der Waals surface area contributed by atoms with E-state index in [4.69, 9.17) is 9.47 Å². The molecule has 0 saturated heterocycles. The number of benzene rings is 1. The summed E-state index contributed by atoms with van der Waals surface area (Å²) >= 11 is 0. The first kappa shape index (κ1) is 17.3. The third kappa shape index (κ3) is 3.18. The van der Waals surface area contributed by atoms with E-state index in [1.807, 2.05) is 38.1 Å². The number of carbonyl (C=O) groups excluding carboxylic acids is 2. The standard InChI is InChI=1S/C20H23NO4/c1-4-25-14-10-8-13(9-11-14)18-17(20(23)24-3)12(2)21-15-6-5-7-16(22)19(15)18/h8-11,18,21H,4-7H2,1-3H3. The number of dihydropyridines is 1. The molecule has 1 unspecified atom stereocenters. The molecule has 1 aliphatic carbocycles. The third-order valence-corrected chi connectivity index (χ3v) is 4.71. The van der Waals surface area contributed by atoms with Gasteiger partial charge in [0.1, 0.15) is 5.75 Å². The summed E-state index contributed by atoms with van der Waals surface area (Å²) < 4.78 is 10.5. The third-order valence-electron chi connectivity index (χ3n) is 4.71. The fraction of sp³-hybridized carbons (Fsp3) is 0.400. The van der Waals surface area contributed by atoms with Crippen molar-refractivity contribution in [3.05, 3.63) is 52.4 Å². The number of hydrogen-bond acceptors (Lipinski definition) is 5. The van der Waals surface area contributed by atoms with Gasteiger partial charge in [0, 0.05) is 29.3 Å². The average Bonchev–Trinajstić information content (AvgIpc) is 2.61. The Kier molecular flexibility index (Phi) is 4.93. The van der Waals surface area contributed by atoms with E-state index in [1.54, 1.807) is 0 Å². The van der Waals surface area contributed by atoms with Crippen LogP contribution in [0.5, 0.6) is 5.75 Å². The fourth-order valence-corrected chi connectivity index (χ4v) is 3.62. The van der Waals surface area contributed by atoms with Gasteiger partial charge in [-0.3, -0.25) is 4.79 Å². The molecule has 5 heteroatoms. The van der Waals surface area contributed by atoms with Gasteiger partial charge in [-0.2, -0.15) is 0 Å². The molecule has 0 saturated carbocycles. The summed E-state index contributed by atoms with van der Waals surface area (Å²) in [5, 5.41) is 3.26. The van der Waals surface area contributed by atoms with E-state index < -0.39 is 11.9 Å². The molecule has 25 heavy (non-hydrogen) atoms. The lowest BCUT2D eigenvalue weighted by molar-refractivity contribution is -0.136. The molecule has 1 atom stereocenters. The van der Waals surface area contributed by atoms with Crippen LogP contribution in [0.4, 0.5) is 0 Å². The predicted molar refractivity (Wildman–Crippen MR) is 94.1 cm³/mol. The smallest absolute Gasteiger partial charge is 0.336 e. The van der Waals surface area contributed by atoms with Crippen molar-refractivity contribution in [1.29, 1.82) is 0 Å². The van der Waals surface area contributed by atoms with Gasteiger partial charge >= 0.3 is 5.97 Å². The number of hydrogen-bond donors (Lipinski definition) is 1. The highest BCUT2D eigenvalue weighted by atomic mass is 16.5. The minimum atomic E-state index is -0.409. The molecule has 1 aromatic carbocycles. The van der Waals surface area contributed by atoms with Crippen molar-refractivity contribution in [1.82, 2.24) is 5.32 Å². The summed E-state index contributed by atoms with van der Waals surface area (Å²) in [6.45, 7) is 4.38. The van der Waals surface area contributed by atoms with E-state index in [2.05, 4.69) is 5.32 Å². The first-order valence-corrected chi connectivity index (χ1v) is 8.62. The van der Waals surface area contributed by atoms with E-state index in [-0.39, 0.29) is 5.78 Å². The first-order chi connectivity index (χ1) is 12.1. The Hall–Kier alpha value is -2.56. The number of Topliss-reactive ketones (excluding diaryl/α,β-unsaturated/α-hetero) is 1. The van der Waals surface area contributed by atoms with Gasteiger partial charge < -0.3 is 14.8 Å². The maximum absolute atomic E-state index is 12.6. The highest BCUT2D eigenvalue weighted by Gasteiger charge is 2.38. The minimum absolute atomic E-state index is 0.0986. The second-order valence-corrected chi connectivity index (χ2v) is 6.26. The fourth-order valence-electron chi connectivity index (χ4n) is 3.62. The van der Waals surface area contributed by atoms with E-state index >= 15 is 0 Å². The van der Waals surface area contributed by atoms with Gasteiger partial charge in [0.2, 0.25) is 0 Å². The number of rotatable bonds is 4. The molecule has 5 nitrogen and oxygen atoms in total. The topological polar surface area (TPSA) is 64.6 Å². The van der Waals surface area contributed by atoms with Crippen LogP contribution in [0.25, 0.3) is 0 Å². The molecule has 0 spiro atoms. The first-order valence-electron chi connectivity index (χ1n) is 8.62. The number of esters is 1. The summed E-state index contributed by atoms with van der Waals surface area (Å²) in [6, 6.07) is 7.59. The molecule has 1 heterocycles. The summed E-state index contributed by atoms with van der Waals surface area (Å²) in [4.78, 5) is 25.1. The Labute approximate surface area is 147 Å². The molecule has 2 aliphatic rings. The maximum atomic E-state index is 12.6. The molecule has 0 fully saturated rings. The monoisotopic (exact) mass is 341 g/mol. The van der Waals surface area contributed by atoms with Crippen LogP contribution in [0.3, 0.4) is 0 Å². The predicted octanol–water partition coefficient (Wildman–Crippen LogP) is 3.23. The lowest BCUT2D eigenvalue weighted by Gasteiger charge is -2.34. The van der Waals surface area contributed by atoms with Crippen molar-refractivity contribution in [2.75, 3.05) is 13.7 Å². The number of carbonyl (C=O) groups is 2. The van der Waals surface area contributed by atoms with Crippen LogP contribution in [0, 0.1) is 0 Å². The second kappa shape index (κ2) is 7.13. The molecule has 1 N–H and O–H groups in total. The lowest BCUT2D eigenvalue weighted by Crippen LogP contribution is -2.34. The highest BCUT2D eigenvalue weighted by molar-refractivity contribution is 6.03. The van der Waals surface area contributed by atoms with E-state index in [0.29, 0.717) is 24.2 Å². The zero-order valence-electron chi connectivity index (χ0n) is 14.8. The van der Waals surface area contributed by atoms with Crippen LogP contribution in [0.1, 0.15) is 44.6 Å². The zero-order valence-corrected chi connectivity index (χ0v) is 14.8. The molecule has 0 radical (unpaired) electrons. The van der Waals surface area contributed by atoms with Crippen molar-refractivity contribution in [3.63, 3.8) is 0 Å². The van der Waals surface area contributed by atoms with Crippen molar-refractivity contribution in [2.24, 2.45) is 0 Å². The second-order valence-electron chi connectivity index (χ2n) is 6.26. The molecular formula is C20H23NO4. The molecule has 132 valence electrons. The Morgan fingerprint density at radius 2 is 1.96 bits per heavy atom. The van der Waals surface area contributed by atoms with Gasteiger partial charge in [-0.05, 0) is 44.4 Å². The van der Waals surface area contributed by atoms with Crippen molar-refractivity contribution < 1.29 is 19.1 Å². The summed E-state index contributed by atoms with van der Waals surface area (Å²) in [5.74, 6) is 0.0622. The summed E-state index contributed by atoms with van der Waals surface area (Å²) in [7, 11) is 1.37.